The van der Waals surface area contributed by atoms with Crippen LogP contribution in [0, 0.1) is 33.5 Å². The molecule has 9 nitrogen and oxygen atoms in total. The van der Waals surface area contributed by atoms with Crippen molar-refractivity contribution in [3.8, 4) is 44.1 Å². The van der Waals surface area contributed by atoms with Crippen LogP contribution in [-0.4, -0.2) is 33.1 Å². The molecule has 0 saturated carbocycles. The van der Waals surface area contributed by atoms with E-state index in [2.05, 4.69) is 36.2 Å². The highest BCUT2D eigenvalue weighted by molar-refractivity contribution is 7.15. The van der Waals surface area contributed by atoms with Gasteiger partial charge >= 0.3 is 18.1 Å². The summed E-state index contributed by atoms with van der Waals surface area (Å²) in [5.41, 5.74) is 0.800. The average molecular weight is 919 g/mol. The summed E-state index contributed by atoms with van der Waals surface area (Å²) in [6, 6.07) is 21.0. The molecule has 338 valence electrons. The van der Waals surface area contributed by atoms with Crippen LogP contribution in [0.1, 0.15) is 104 Å². The summed E-state index contributed by atoms with van der Waals surface area (Å²) in [5.74, 6) is -1.08. The number of rotatable bonds is 15. The third-order valence-corrected chi connectivity index (χ3v) is 13.1. The molecule has 0 aliphatic carbocycles. The van der Waals surface area contributed by atoms with E-state index in [0.717, 1.165) is 51.0 Å². The Morgan fingerprint density at radius 1 is 0.656 bits per heavy atom. The van der Waals surface area contributed by atoms with E-state index in [1.807, 2.05) is 26.8 Å². The van der Waals surface area contributed by atoms with Crippen molar-refractivity contribution in [2.75, 3.05) is 0 Å². The Bertz CT molecular complexity index is 2670. The number of carbonyl (C=O) groups excluding carboxylic acids is 2. The van der Waals surface area contributed by atoms with Crippen molar-refractivity contribution in [1.82, 2.24) is 9.97 Å². The van der Waals surface area contributed by atoms with E-state index >= 15 is 0 Å². The number of carbonyl (C=O) groups is 2. The number of ether oxygens (including phenoxy) is 5. The Hall–Kier alpha value is -5.80. The molecule has 0 aliphatic heterocycles. The molecular formula is C49H50F4N2O7S2. The number of alkyl halides is 3. The van der Waals surface area contributed by atoms with Crippen LogP contribution in [0.2, 0.25) is 0 Å². The van der Waals surface area contributed by atoms with E-state index in [4.69, 9.17) is 28.7 Å². The quantitative estimate of drug-likeness (QED) is 0.0565. The van der Waals surface area contributed by atoms with Gasteiger partial charge in [0, 0.05) is 11.1 Å². The fourth-order valence-electron chi connectivity index (χ4n) is 6.66. The molecule has 2 heterocycles. The molecule has 6 aromatic rings. The van der Waals surface area contributed by atoms with Crippen molar-refractivity contribution in [2.24, 2.45) is 0 Å². The van der Waals surface area contributed by atoms with E-state index in [-0.39, 0.29) is 16.7 Å². The number of aromatic nitrogens is 2. The van der Waals surface area contributed by atoms with Gasteiger partial charge in [0.15, 0.2) is 0 Å². The monoisotopic (exact) mass is 918 g/mol. The van der Waals surface area contributed by atoms with Gasteiger partial charge in [-0.2, -0.15) is 13.2 Å². The number of aryl methyl sites for hydroxylation is 5. The van der Waals surface area contributed by atoms with Crippen LogP contribution in [-0.2, 0) is 26.9 Å². The number of thiazole rings is 2. The van der Waals surface area contributed by atoms with Crippen LogP contribution < -0.4 is 18.9 Å². The number of hydrogen-bond acceptors (Lipinski definition) is 11. The molecule has 0 N–H and O–H groups in total. The fraction of sp³-hybridized carbons (Fsp3) is 0.347. The van der Waals surface area contributed by atoms with Gasteiger partial charge in [-0.05, 0) is 147 Å². The summed E-state index contributed by atoms with van der Waals surface area (Å²) in [7, 11) is 0. The molecule has 64 heavy (non-hydrogen) atoms. The second-order valence-corrected chi connectivity index (χ2v) is 18.5. The van der Waals surface area contributed by atoms with Gasteiger partial charge in [-0.15, -0.1) is 22.7 Å². The molecule has 0 aliphatic rings. The lowest BCUT2D eigenvalue weighted by atomic mass is 10.1. The van der Waals surface area contributed by atoms with Crippen LogP contribution in [0.3, 0.4) is 0 Å². The molecule has 0 saturated heterocycles. The largest absolute Gasteiger partial charge is 0.485 e. The van der Waals surface area contributed by atoms with Crippen LogP contribution in [0.5, 0.6) is 23.0 Å². The van der Waals surface area contributed by atoms with E-state index in [9.17, 15) is 27.2 Å². The van der Waals surface area contributed by atoms with Gasteiger partial charge in [-0.25, -0.2) is 23.9 Å². The van der Waals surface area contributed by atoms with E-state index in [1.54, 1.807) is 62.4 Å². The van der Waals surface area contributed by atoms with Crippen molar-refractivity contribution in [3.63, 3.8) is 0 Å². The maximum atomic E-state index is 14.7. The molecule has 2 aromatic heterocycles. The summed E-state index contributed by atoms with van der Waals surface area (Å²) in [6.45, 7) is 19.1. The molecule has 0 bridgehead atoms. The van der Waals surface area contributed by atoms with Crippen LogP contribution in [0.4, 0.5) is 17.6 Å². The first-order valence-corrected chi connectivity index (χ1v) is 22.2. The predicted molar refractivity (Wildman–Crippen MR) is 240 cm³/mol. The van der Waals surface area contributed by atoms with E-state index in [1.165, 1.54) is 33.3 Å². The lowest BCUT2D eigenvalue weighted by Crippen LogP contribution is -2.46. The zero-order valence-electron chi connectivity index (χ0n) is 37.4. The second-order valence-electron chi connectivity index (χ2n) is 16.5. The third-order valence-electron chi connectivity index (χ3n) is 10.4. The highest BCUT2D eigenvalue weighted by atomic mass is 32.1. The number of benzene rings is 4. The van der Waals surface area contributed by atoms with E-state index < -0.39 is 46.8 Å². The second kappa shape index (κ2) is 18.7. The normalized spacial score (nSPS) is 13.0. The van der Waals surface area contributed by atoms with Crippen molar-refractivity contribution in [1.29, 1.82) is 0 Å². The lowest BCUT2D eigenvalue weighted by Gasteiger charge is -2.28. The SMILES string of the molecule is CCc1ccc(-c2nc(C)c(C(C)Oc3ccc(OC(C)(C)C(=O)OC(=O)C(C)(C)Oc4ccc(OC(C)c5sc(-c6ccc(C(F)(F)F)cc6F)nc5C)cc4C)c(C)c3)s2)cc1. The minimum Gasteiger partial charge on any atom is -0.485 e. The topological polar surface area (TPSA) is 106 Å². The molecular weight excluding hydrogens is 869 g/mol. The first kappa shape index (κ1) is 47.7. The lowest BCUT2D eigenvalue weighted by molar-refractivity contribution is -0.178. The van der Waals surface area contributed by atoms with Crippen molar-refractivity contribution >= 4 is 34.6 Å². The minimum atomic E-state index is -4.67. The standard InChI is InChI=1S/C49H50F4N2O7S2/c1-12-32-13-15-33(16-14-32)43-54-28(4)41(63-43)30(6)58-35-18-21-39(26(2)23-35)61-47(8,9)45(56)60-46(57)48(10,11)62-40-22-19-36(24-27(40)3)59-31(7)42-29(5)55-44(64-42)37-20-17-34(25-38(37)50)49(51,52)53/h13-25,30-31H,12H2,1-11H3. The molecule has 0 radical (unpaired) electrons. The van der Waals surface area contributed by atoms with Crippen molar-refractivity contribution < 1.29 is 50.8 Å². The zero-order chi connectivity index (χ0) is 46.9. The third kappa shape index (κ3) is 10.9. The zero-order valence-corrected chi connectivity index (χ0v) is 39.1. The number of nitrogens with zero attached hydrogens (tertiary/aromatic N) is 2. The van der Waals surface area contributed by atoms with Gasteiger partial charge in [0.1, 0.15) is 51.0 Å². The van der Waals surface area contributed by atoms with Crippen LogP contribution in [0.15, 0.2) is 78.9 Å². The van der Waals surface area contributed by atoms with Gasteiger partial charge in [-0.3, -0.25) is 0 Å². The summed E-state index contributed by atoms with van der Waals surface area (Å²) in [6.07, 6.45) is -4.53. The van der Waals surface area contributed by atoms with E-state index in [0.29, 0.717) is 50.8 Å². The Balaban J connectivity index is 1.04. The van der Waals surface area contributed by atoms with Gasteiger partial charge in [0.2, 0.25) is 11.2 Å². The Labute approximate surface area is 378 Å². The highest BCUT2D eigenvalue weighted by Gasteiger charge is 2.40. The maximum absolute atomic E-state index is 14.7. The number of halogens is 4. The highest BCUT2D eigenvalue weighted by Crippen LogP contribution is 2.39. The Kier molecular flexibility index (Phi) is 14.0. The van der Waals surface area contributed by atoms with Crippen LogP contribution in [0.25, 0.3) is 21.1 Å². The fourth-order valence-corrected chi connectivity index (χ4v) is 8.78. The minimum absolute atomic E-state index is 0.0426. The first-order chi connectivity index (χ1) is 29.9. The summed E-state index contributed by atoms with van der Waals surface area (Å²) < 4.78 is 83.9. The molecule has 0 fully saturated rings. The van der Waals surface area contributed by atoms with Crippen LogP contribution >= 0.6 is 22.7 Å². The molecule has 2 atom stereocenters. The molecule has 2 unspecified atom stereocenters. The molecule has 0 spiro atoms. The smallest absolute Gasteiger partial charge is 0.416 e. The summed E-state index contributed by atoms with van der Waals surface area (Å²) >= 11 is 2.72. The van der Waals surface area contributed by atoms with Gasteiger partial charge in [0.25, 0.3) is 0 Å². The maximum Gasteiger partial charge on any atom is 0.416 e. The van der Waals surface area contributed by atoms with Gasteiger partial charge in [0.05, 0.1) is 26.7 Å². The average Bonchev–Trinajstić information content (AvgIpc) is 3.81. The van der Waals surface area contributed by atoms with Crippen molar-refractivity contribution in [3.05, 3.63) is 128 Å². The molecule has 4 aromatic carbocycles. The predicted octanol–water partition coefficient (Wildman–Crippen LogP) is 13.3. The first-order valence-electron chi connectivity index (χ1n) is 20.6. The number of hydrogen-bond donors (Lipinski definition) is 0. The summed E-state index contributed by atoms with van der Waals surface area (Å²) in [5, 5.41) is 1.16. The summed E-state index contributed by atoms with van der Waals surface area (Å²) in [4.78, 5) is 37.7. The Morgan fingerprint density at radius 3 is 1.56 bits per heavy atom. The van der Waals surface area contributed by atoms with Gasteiger partial charge in [-0.1, -0.05) is 31.2 Å². The van der Waals surface area contributed by atoms with Crippen molar-refractivity contribution in [2.45, 2.75) is 112 Å². The number of esters is 2. The van der Waals surface area contributed by atoms with Gasteiger partial charge < -0.3 is 23.7 Å². The Morgan fingerprint density at radius 2 is 1.12 bits per heavy atom. The molecule has 0 amide bonds. The molecule has 15 heteroatoms. The molecule has 6 rings (SSSR count).